The fraction of sp³-hybridized carbons (Fsp3) is 0.562. The van der Waals surface area contributed by atoms with Crippen LogP contribution in [0.4, 0.5) is 0 Å². The lowest BCUT2D eigenvalue weighted by Gasteiger charge is -2.34. The molecular weight excluding hydrogens is 268 g/mol. The van der Waals surface area contributed by atoms with Gasteiger partial charge in [-0.25, -0.2) is 0 Å². The maximum atomic E-state index is 12.8. The van der Waals surface area contributed by atoms with E-state index in [1.807, 2.05) is 0 Å². The van der Waals surface area contributed by atoms with Crippen molar-refractivity contribution in [3.8, 4) is 11.5 Å². The van der Waals surface area contributed by atoms with Gasteiger partial charge in [0.15, 0.2) is 0 Å². The average Bonchev–Trinajstić information content (AvgIpc) is 2.48. The highest BCUT2D eigenvalue weighted by Crippen LogP contribution is 2.31. The summed E-state index contributed by atoms with van der Waals surface area (Å²) in [6.45, 7) is 1.08. The number of phenolic OH excluding ortho intramolecular Hbond substituents is 2. The zero-order valence-electron chi connectivity index (χ0n) is 12.3. The van der Waals surface area contributed by atoms with E-state index in [0.29, 0.717) is 13.1 Å². The topological polar surface area (TPSA) is 86.8 Å². The first-order chi connectivity index (χ1) is 10.1. The molecule has 0 aromatic heterocycles. The van der Waals surface area contributed by atoms with E-state index in [1.54, 1.807) is 4.90 Å². The summed E-state index contributed by atoms with van der Waals surface area (Å²) >= 11 is 0. The summed E-state index contributed by atoms with van der Waals surface area (Å²) < 4.78 is 0. The van der Waals surface area contributed by atoms with Crippen molar-refractivity contribution >= 4 is 5.91 Å². The van der Waals surface area contributed by atoms with Gasteiger partial charge in [-0.05, 0) is 37.9 Å². The number of carbonyl (C=O) groups is 1. The molecule has 4 N–H and O–H groups in total. The SMILES string of the molecule is NCCCN(C(=O)c1c(O)cccc1O)C1CCCCC1. The van der Waals surface area contributed by atoms with Crippen molar-refractivity contribution in [3.05, 3.63) is 23.8 Å². The minimum atomic E-state index is -0.300. The molecule has 21 heavy (non-hydrogen) atoms. The second kappa shape index (κ2) is 7.31. The molecule has 5 nitrogen and oxygen atoms in total. The first-order valence-corrected chi connectivity index (χ1v) is 7.67. The third-order valence-electron chi connectivity index (χ3n) is 4.11. The van der Waals surface area contributed by atoms with Gasteiger partial charge in [-0.3, -0.25) is 4.79 Å². The van der Waals surface area contributed by atoms with Gasteiger partial charge in [0.2, 0.25) is 0 Å². The molecule has 1 aromatic rings. The van der Waals surface area contributed by atoms with Crippen molar-refractivity contribution in [1.82, 2.24) is 4.90 Å². The van der Waals surface area contributed by atoms with Crippen molar-refractivity contribution in [2.75, 3.05) is 13.1 Å². The Labute approximate surface area is 125 Å². The highest BCUT2D eigenvalue weighted by atomic mass is 16.3. The van der Waals surface area contributed by atoms with E-state index in [0.717, 1.165) is 32.1 Å². The van der Waals surface area contributed by atoms with Gasteiger partial charge in [-0.15, -0.1) is 0 Å². The third-order valence-corrected chi connectivity index (χ3v) is 4.11. The van der Waals surface area contributed by atoms with E-state index in [9.17, 15) is 15.0 Å². The summed E-state index contributed by atoms with van der Waals surface area (Å²) in [4.78, 5) is 14.5. The van der Waals surface area contributed by atoms with Crippen LogP contribution < -0.4 is 5.73 Å². The van der Waals surface area contributed by atoms with Gasteiger partial charge in [0.1, 0.15) is 17.1 Å². The van der Waals surface area contributed by atoms with Crippen LogP contribution in [-0.4, -0.2) is 40.2 Å². The van der Waals surface area contributed by atoms with E-state index in [4.69, 9.17) is 5.73 Å². The van der Waals surface area contributed by atoms with Crippen molar-refractivity contribution in [2.24, 2.45) is 5.73 Å². The molecule has 0 heterocycles. The molecule has 1 amide bonds. The Morgan fingerprint density at radius 3 is 2.38 bits per heavy atom. The molecule has 1 fully saturated rings. The predicted molar refractivity (Wildman–Crippen MR) is 81.4 cm³/mol. The number of amides is 1. The number of benzene rings is 1. The molecule has 0 unspecified atom stereocenters. The Hall–Kier alpha value is -1.75. The maximum absolute atomic E-state index is 12.8. The summed E-state index contributed by atoms with van der Waals surface area (Å²) in [5.74, 6) is -0.645. The summed E-state index contributed by atoms with van der Waals surface area (Å²) in [6.07, 6.45) is 6.11. The Morgan fingerprint density at radius 1 is 1.19 bits per heavy atom. The normalized spacial score (nSPS) is 15.9. The zero-order valence-corrected chi connectivity index (χ0v) is 12.3. The molecule has 1 aliphatic carbocycles. The van der Waals surface area contributed by atoms with Gasteiger partial charge < -0.3 is 20.8 Å². The Bertz CT molecular complexity index is 464. The number of rotatable bonds is 5. The average molecular weight is 292 g/mol. The minimum Gasteiger partial charge on any atom is -0.507 e. The standard InChI is InChI=1S/C16H24N2O3/c17-10-5-11-18(12-6-2-1-3-7-12)16(21)15-13(19)8-4-9-14(15)20/h4,8-9,12,19-20H,1-3,5-7,10-11,17H2. The van der Waals surface area contributed by atoms with Crippen LogP contribution in [0.5, 0.6) is 11.5 Å². The number of nitrogens with two attached hydrogens (primary N) is 1. The third kappa shape index (κ3) is 3.67. The molecular formula is C16H24N2O3. The fourth-order valence-electron chi connectivity index (χ4n) is 3.00. The van der Waals surface area contributed by atoms with Crippen LogP contribution in [0.2, 0.25) is 0 Å². The molecule has 0 saturated heterocycles. The highest BCUT2D eigenvalue weighted by Gasteiger charge is 2.28. The van der Waals surface area contributed by atoms with Gasteiger partial charge in [0, 0.05) is 12.6 Å². The Kier molecular flexibility index (Phi) is 5.44. The number of carbonyl (C=O) groups excluding carboxylic acids is 1. The molecule has 1 aromatic carbocycles. The van der Waals surface area contributed by atoms with Crippen LogP contribution in [0, 0.1) is 0 Å². The summed E-state index contributed by atoms with van der Waals surface area (Å²) in [7, 11) is 0. The summed E-state index contributed by atoms with van der Waals surface area (Å²) in [5.41, 5.74) is 5.57. The first kappa shape index (κ1) is 15.6. The second-order valence-electron chi connectivity index (χ2n) is 5.60. The Balaban J connectivity index is 2.24. The van der Waals surface area contributed by atoms with Gasteiger partial charge in [0.05, 0.1) is 0 Å². The summed E-state index contributed by atoms with van der Waals surface area (Å²) in [6, 6.07) is 4.55. The van der Waals surface area contributed by atoms with Gasteiger partial charge in [0.25, 0.3) is 5.91 Å². The summed E-state index contributed by atoms with van der Waals surface area (Å²) in [5, 5.41) is 19.8. The van der Waals surface area contributed by atoms with Gasteiger partial charge in [-0.2, -0.15) is 0 Å². The van der Waals surface area contributed by atoms with Gasteiger partial charge in [-0.1, -0.05) is 25.3 Å². The smallest absolute Gasteiger partial charge is 0.261 e. The largest absolute Gasteiger partial charge is 0.507 e. The molecule has 1 saturated carbocycles. The molecule has 0 atom stereocenters. The lowest BCUT2D eigenvalue weighted by Crippen LogP contribution is -2.42. The number of nitrogens with zero attached hydrogens (tertiary/aromatic N) is 1. The molecule has 1 aliphatic rings. The van der Waals surface area contributed by atoms with Crippen molar-refractivity contribution < 1.29 is 15.0 Å². The lowest BCUT2D eigenvalue weighted by atomic mass is 9.93. The van der Waals surface area contributed by atoms with Crippen molar-refractivity contribution in [2.45, 2.75) is 44.6 Å². The van der Waals surface area contributed by atoms with Crippen LogP contribution >= 0.6 is 0 Å². The number of hydrogen-bond acceptors (Lipinski definition) is 4. The van der Waals surface area contributed by atoms with E-state index in [-0.39, 0.29) is 29.0 Å². The molecule has 0 radical (unpaired) electrons. The predicted octanol–water partition coefficient (Wildman–Crippen LogP) is 2.22. The zero-order chi connectivity index (χ0) is 15.2. The molecule has 0 aliphatic heterocycles. The van der Waals surface area contributed by atoms with Crippen LogP contribution in [0.15, 0.2) is 18.2 Å². The van der Waals surface area contributed by atoms with E-state index in [1.165, 1.54) is 24.6 Å². The molecule has 116 valence electrons. The monoisotopic (exact) mass is 292 g/mol. The molecule has 5 heteroatoms. The number of phenols is 2. The molecule has 0 bridgehead atoms. The van der Waals surface area contributed by atoms with Crippen LogP contribution in [0.3, 0.4) is 0 Å². The first-order valence-electron chi connectivity index (χ1n) is 7.67. The maximum Gasteiger partial charge on any atom is 0.261 e. The Morgan fingerprint density at radius 2 is 1.81 bits per heavy atom. The van der Waals surface area contributed by atoms with Crippen LogP contribution in [-0.2, 0) is 0 Å². The van der Waals surface area contributed by atoms with E-state index in [2.05, 4.69) is 0 Å². The minimum absolute atomic E-state index is 0.0000879. The molecule has 2 rings (SSSR count). The van der Waals surface area contributed by atoms with Crippen molar-refractivity contribution in [1.29, 1.82) is 0 Å². The van der Waals surface area contributed by atoms with Crippen LogP contribution in [0.1, 0.15) is 48.9 Å². The van der Waals surface area contributed by atoms with E-state index < -0.39 is 0 Å². The number of hydrogen-bond donors (Lipinski definition) is 3. The number of aromatic hydroxyl groups is 2. The van der Waals surface area contributed by atoms with Gasteiger partial charge >= 0.3 is 0 Å². The highest BCUT2D eigenvalue weighted by molar-refractivity contribution is 5.99. The van der Waals surface area contributed by atoms with Crippen LogP contribution in [0.25, 0.3) is 0 Å². The fourth-order valence-corrected chi connectivity index (χ4v) is 3.00. The quantitative estimate of drug-likeness (QED) is 0.776. The van der Waals surface area contributed by atoms with Crippen molar-refractivity contribution in [3.63, 3.8) is 0 Å². The lowest BCUT2D eigenvalue weighted by molar-refractivity contribution is 0.0626. The van der Waals surface area contributed by atoms with E-state index >= 15 is 0 Å². The second-order valence-corrected chi connectivity index (χ2v) is 5.60. The molecule has 0 spiro atoms.